The number of carbonyl (C=O) groups is 1. The number of aromatic nitrogens is 3. The van der Waals surface area contributed by atoms with Gasteiger partial charge in [-0.1, -0.05) is 39.3 Å². The number of rotatable bonds is 5. The Labute approximate surface area is 188 Å². The van der Waals surface area contributed by atoms with Crippen LogP contribution in [-0.4, -0.2) is 57.0 Å². The van der Waals surface area contributed by atoms with E-state index in [4.69, 9.17) is 4.52 Å². The summed E-state index contributed by atoms with van der Waals surface area (Å²) in [6.45, 7) is 3.57. The first-order chi connectivity index (χ1) is 15.2. The van der Waals surface area contributed by atoms with Crippen molar-refractivity contribution in [3.63, 3.8) is 0 Å². The first-order valence-electron chi connectivity index (χ1n) is 10.3. The Morgan fingerprint density at radius 1 is 1.06 bits per heavy atom. The molecule has 0 unspecified atom stereocenters. The number of fused-ring (bicyclic) bond motifs is 1. The Hall–Kier alpha value is -2.97. The van der Waals surface area contributed by atoms with Crippen molar-refractivity contribution in [1.82, 2.24) is 24.9 Å². The van der Waals surface area contributed by atoms with E-state index in [2.05, 4.69) is 48.1 Å². The number of H-pyrrole nitrogens is 1. The van der Waals surface area contributed by atoms with Gasteiger partial charge in [-0.25, -0.2) is 0 Å². The fourth-order valence-electron chi connectivity index (χ4n) is 3.95. The zero-order valence-electron chi connectivity index (χ0n) is 16.9. The highest BCUT2D eigenvalue weighted by atomic mass is 79.9. The summed E-state index contributed by atoms with van der Waals surface area (Å²) < 4.78 is 6.46. The second-order valence-electron chi connectivity index (χ2n) is 7.72. The van der Waals surface area contributed by atoms with Gasteiger partial charge in [0.2, 0.25) is 5.89 Å². The lowest BCUT2D eigenvalue weighted by Gasteiger charge is -2.34. The summed E-state index contributed by atoms with van der Waals surface area (Å²) in [5.41, 5.74) is 2.97. The van der Waals surface area contributed by atoms with E-state index in [0.717, 1.165) is 34.2 Å². The van der Waals surface area contributed by atoms with Crippen LogP contribution in [-0.2, 0) is 13.0 Å². The van der Waals surface area contributed by atoms with Crippen molar-refractivity contribution in [3.8, 4) is 0 Å². The van der Waals surface area contributed by atoms with Gasteiger partial charge in [-0.15, -0.1) is 0 Å². The molecule has 0 aliphatic carbocycles. The molecule has 1 aliphatic rings. The van der Waals surface area contributed by atoms with Gasteiger partial charge in [-0.2, -0.15) is 4.98 Å². The quantitative estimate of drug-likeness (QED) is 0.470. The van der Waals surface area contributed by atoms with Gasteiger partial charge in [0, 0.05) is 53.3 Å². The Balaban J connectivity index is 1.16. The smallest absolute Gasteiger partial charge is 0.253 e. The third-order valence-corrected chi connectivity index (χ3v) is 6.17. The highest BCUT2D eigenvalue weighted by molar-refractivity contribution is 9.10. The summed E-state index contributed by atoms with van der Waals surface area (Å²) in [6, 6.07) is 15.7. The minimum Gasteiger partial charge on any atom is -0.361 e. The number of nitrogens with one attached hydrogen (secondary N) is 1. The number of carbonyl (C=O) groups excluding carboxylic acids is 1. The number of aromatic amines is 1. The fraction of sp³-hybridized carbons (Fsp3) is 0.261. The summed E-state index contributed by atoms with van der Waals surface area (Å²) in [7, 11) is 0. The molecule has 0 spiro atoms. The first kappa shape index (κ1) is 20.0. The zero-order valence-corrected chi connectivity index (χ0v) is 18.5. The van der Waals surface area contributed by atoms with Crippen molar-refractivity contribution >= 4 is 32.7 Å². The summed E-state index contributed by atoms with van der Waals surface area (Å²) in [4.78, 5) is 24.7. The monoisotopic (exact) mass is 479 g/mol. The van der Waals surface area contributed by atoms with Gasteiger partial charge < -0.3 is 14.4 Å². The van der Waals surface area contributed by atoms with E-state index < -0.39 is 0 Å². The van der Waals surface area contributed by atoms with Crippen LogP contribution in [0.5, 0.6) is 0 Å². The number of hydrogen-bond acceptors (Lipinski definition) is 5. The van der Waals surface area contributed by atoms with Gasteiger partial charge in [-0.05, 0) is 35.9 Å². The van der Waals surface area contributed by atoms with Crippen LogP contribution in [0.25, 0.3) is 10.9 Å². The van der Waals surface area contributed by atoms with Crippen LogP contribution < -0.4 is 0 Å². The van der Waals surface area contributed by atoms with Crippen LogP contribution in [0.3, 0.4) is 0 Å². The van der Waals surface area contributed by atoms with Gasteiger partial charge in [0.15, 0.2) is 5.82 Å². The van der Waals surface area contributed by atoms with E-state index in [1.807, 2.05) is 47.5 Å². The second-order valence-corrected chi connectivity index (χ2v) is 8.63. The Kier molecular flexibility index (Phi) is 5.57. The van der Waals surface area contributed by atoms with E-state index in [1.165, 1.54) is 5.39 Å². The van der Waals surface area contributed by atoms with Crippen LogP contribution in [0, 0.1) is 0 Å². The molecule has 1 aliphatic heterocycles. The normalized spacial score (nSPS) is 14.9. The van der Waals surface area contributed by atoms with Crippen LogP contribution in [0.2, 0.25) is 0 Å². The summed E-state index contributed by atoms with van der Waals surface area (Å²) >= 11 is 3.41. The maximum atomic E-state index is 12.7. The molecule has 0 radical (unpaired) electrons. The fourth-order valence-corrected chi connectivity index (χ4v) is 4.22. The first-order valence-corrected chi connectivity index (χ1v) is 11.1. The molecule has 158 valence electrons. The third kappa shape index (κ3) is 4.40. The lowest BCUT2D eigenvalue weighted by molar-refractivity contribution is 0.0624. The Morgan fingerprint density at radius 2 is 1.84 bits per heavy atom. The van der Waals surface area contributed by atoms with E-state index in [9.17, 15) is 4.79 Å². The number of nitrogens with zero attached hydrogens (tertiary/aromatic N) is 4. The molecule has 1 amide bonds. The van der Waals surface area contributed by atoms with E-state index in [1.54, 1.807) is 0 Å². The molecule has 31 heavy (non-hydrogen) atoms. The molecule has 7 nitrogen and oxygen atoms in total. The van der Waals surface area contributed by atoms with Crippen molar-refractivity contribution in [2.75, 3.05) is 26.2 Å². The number of amides is 1. The predicted octanol–water partition coefficient (Wildman–Crippen LogP) is 3.86. The molecule has 2 aromatic heterocycles. The number of benzene rings is 2. The standard InChI is InChI=1S/C23H22BrN5O2/c24-18-7-5-16(6-8-18)23(30)29-11-9-28(10-12-29)15-21-26-22(31-27-21)13-17-14-25-20-4-2-1-3-19(17)20/h1-8,14,25H,9-13,15H2. The minimum atomic E-state index is 0.0766. The maximum Gasteiger partial charge on any atom is 0.253 e. The molecule has 0 bridgehead atoms. The average Bonchev–Trinajstić information content (AvgIpc) is 3.42. The SMILES string of the molecule is O=C(c1ccc(Br)cc1)N1CCN(Cc2noc(Cc3c[nH]c4ccccc34)n2)CC1. The van der Waals surface area contributed by atoms with Crippen molar-refractivity contribution in [3.05, 3.63) is 82.0 Å². The van der Waals surface area contributed by atoms with Gasteiger partial charge in [0.25, 0.3) is 5.91 Å². The highest BCUT2D eigenvalue weighted by Crippen LogP contribution is 2.20. The number of para-hydroxylation sites is 1. The number of hydrogen-bond donors (Lipinski definition) is 1. The summed E-state index contributed by atoms with van der Waals surface area (Å²) in [5, 5.41) is 5.33. The van der Waals surface area contributed by atoms with E-state index >= 15 is 0 Å². The summed E-state index contributed by atoms with van der Waals surface area (Å²) in [6.07, 6.45) is 2.60. The highest BCUT2D eigenvalue weighted by Gasteiger charge is 2.23. The molecule has 4 aromatic rings. The zero-order chi connectivity index (χ0) is 21.2. The molecule has 2 aromatic carbocycles. The van der Waals surface area contributed by atoms with Gasteiger partial charge in [0.05, 0.1) is 13.0 Å². The van der Waals surface area contributed by atoms with Crippen molar-refractivity contribution in [2.45, 2.75) is 13.0 Å². The van der Waals surface area contributed by atoms with Gasteiger partial charge in [0.1, 0.15) is 0 Å². The van der Waals surface area contributed by atoms with Gasteiger partial charge >= 0.3 is 0 Å². The van der Waals surface area contributed by atoms with E-state index in [-0.39, 0.29) is 5.91 Å². The average molecular weight is 480 g/mol. The van der Waals surface area contributed by atoms with Crippen molar-refractivity contribution in [1.29, 1.82) is 0 Å². The van der Waals surface area contributed by atoms with Crippen LogP contribution >= 0.6 is 15.9 Å². The Morgan fingerprint density at radius 3 is 2.65 bits per heavy atom. The largest absolute Gasteiger partial charge is 0.361 e. The molecular formula is C23H22BrN5O2. The second kappa shape index (κ2) is 8.64. The molecule has 3 heterocycles. The van der Waals surface area contributed by atoms with Crippen LogP contribution in [0.4, 0.5) is 0 Å². The molecule has 8 heteroatoms. The number of halogens is 1. The van der Waals surface area contributed by atoms with Crippen molar-refractivity contribution in [2.24, 2.45) is 0 Å². The summed E-state index contributed by atoms with van der Waals surface area (Å²) in [5.74, 6) is 1.37. The topological polar surface area (TPSA) is 78.3 Å². The van der Waals surface area contributed by atoms with Crippen LogP contribution in [0.15, 0.2) is 63.7 Å². The molecule has 0 atom stereocenters. The maximum absolute atomic E-state index is 12.7. The molecular weight excluding hydrogens is 458 g/mol. The molecule has 1 N–H and O–H groups in total. The third-order valence-electron chi connectivity index (χ3n) is 5.64. The predicted molar refractivity (Wildman–Crippen MR) is 121 cm³/mol. The molecule has 0 saturated carbocycles. The lowest BCUT2D eigenvalue weighted by atomic mass is 10.1. The molecule has 5 rings (SSSR count). The number of piperazine rings is 1. The Bertz CT molecular complexity index is 1190. The van der Waals surface area contributed by atoms with Gasteiger partial charge in [-0.3, -0.25) is 9.69 Å². The molecule has 1 fully saturated rings. The lowest BCUT2D eigenvalue weighted by Crippen LogP contribution is -2.48. The van der Waals surface area contributed by atoms with E-state index in [0.29, 0.717) is 37.8 Å². The van der Waals surface area contributed by atoms with Crippen LogP contribution in [0.1, 0.15) is 27.6 Å². The van der Waals surface area contributed by atoms with Crippen molar-refractivity contribution < 1.29 is 9.32 Å². The minimum absolute atomic E-state index is 0.0766. The molecule has 1 saturated heterocycles.